The Morgan fingerprint density at radius 2 is 0.483 bits per heavy atom. The quantitative estimate of drug-likeness (QED) is 0.133. The summed E-state index contributed by atoms with van der Waals surface area (Å²) in [5.74, 6) is 3.01. The van der Waals surface area contributed by atoms with E-state index in [0.717, 1.165) is 178 Å². The fourth-order valence-corrected chi connectivity index (χ4v) is 13.4. The first kappa shape index (κ1) is 49.1. The van der Waals surface area contributed by atoms with Gasteiger partial charge in [-0.1, -0.05) is 97.1 Å². The van der Waals surface area contributed by atoms with Crippen molar-refractivity contribution in [3.05, 3.63) is 279 Å². The SMILES string of the molecule is c1ccc(Oc2ccc(N(c3ccc4c(c3)oc3cc5c(cc34)oc3cc4c(cc35)oc3cc(N(c5ccc(Oc6ccccc6)cc5)c5ccc6c(c5)oc5ccc7ccccc7c56)ccc34)c3ccc4c(c3)oc3ccc5ccccc5c34)cc2)cc1. The second kappa shape index (κ2) is 19.2. The molecule has 89 heavy (non-hydrogen) atoms. The van der Waals surface area contributed by atoms with Gasteiger partial charge < -0.3 is 41.4 Å². The molecular formula is C80H46N2O7. The van der Waals surface area contributed by atoms with Crippen molar-refractivity contribution in [2.75, 3.05) is 9.80 Å². The van der Waals surface area contributed by atoms with Crippen molar-refractivity contribution in [1.82, 2.24) is 0 Å². The highest BCUT2D eigenvalue weighted by Gasteiger charge is 2.23. The zero-order chi connectivity index (χ0) is 58.3. The van der Waals surface area contributed by atoms with Gasteiger partial charge in [-0.15, -0.1) is 0 Å². The van der Waals surface area contributed by atoms with Gasteiger partial charge in [0, 0.05) is 112 Å². The van der Waals surface area contributed by atoms with Crippen molar-refractivity contribution < 1.29 is 31.6 Å². The summed E-state index contributed by atoms with van der Waals surface area (Å²) in [5, 5.41) is 14.7. The molecule has 0 saturated heterocycles. The van der Waals surface area contributed by atoms with E-state index in [0.29, 0.717) is 0 Å². The molecule has 5 aromatic heterocycles. The lowest BCUT2D eigenvalue weighted by atomic mass is 10.0. The lowest BCUT2D eigenvalue weighted by Crippen LogP contribution is -2.09. The largest absolute Gasteiger partial charge is 0.457 e. The summed E-state index contributed by atoms with van der Waals surface area (Å²) in [4.78, 5) is 4.45. The van der Waals surface area contributed by atoms with Crippen LogP contribution in [0, 0.1) is 0 Å². The van der Waals surface area contributed by atoms with Gasteiger partial charge in [0.05, 0.1) is 0 Å². The first-order valence-electron chi connectivity index (χ1n) is 29.7. The van der Waals surface area contributed by atoms with Gasteiger partial charge in [-0.2, -0.15) is 0 Å². The van der Waals surface area contributed by atoms with E-state index < -0.39 is 0 Å². The molecule has 0 spiro atoms. The number of hydrogen-bond acceptors (Lipinski definition) is 9. The molecule has 19 aromatic rings. The molecule has 0 aliphatic rings. The topological polar surface area (TPSA) is 90.6 Å². The van der Waals surface area contributed by atoms with Crippen LogP contribution in [0.1, 0.15) is 0 Å². The minimum Gasteiger partial charge on any atom is -0.457 e. The summed E-state index contributed by atoms with van der Waals surface area (Å²) in [5.41, 5.74) is 13.4. The van der Waals surface area contributed by atoms with E-state index in [9.17, 15) is 0 Å². The lowest BCUT2D eigenvalue weighted by molar-refractivity contribution is 0.482. The molecule has 0 aliphatic heterocycles. The molecule has 0 unspecified atom stereocenters. The van der Waals surface area contributed by atoms with Crippen LogP contribution in [0.5, 0.6) is 23.0 Å². The third-order valence-electron chi connectivity index (χ3n) is 17.5. The van der Waals surface area contributed by atoms with E-state index >= 15 is 0 Å². The number of benzene rings is 14. The van der Waals surface area contributed by atoms with E-state index in [1.165, 1.54) is 10.8 Å². The monoisotopic (exact) mass is 1150 g/mol. The fourth-order valence-electron chi connectivity index (χ4n) is 13.4. The van der Waals surface area contributed by atoms with Gasteiger partial charge in [0.15, 0.2) is 0 Å². The van der Waals surface area contributed by atoms with Crippen molar-refractivity contribution in [1.29, 1.82) is 0 Å². The number of hydrogen-bond donors (Lipinski definition) is 0. The van der Waals surface area contributed by atoms with Crippen LogP contribution in [0.4, 0.5) is 34.1 Å². The summed E-state index contributed by atoms with van der Waals surface area (Å²) in [6.07, 6.45) is 0. The number of rotatable bonds is 10. The summed E-state index contributed by atoms with van der Waals surface area (Å²) in [7, 11) is 0. The van der Waals surface area contributed by atoms with Gasteiger partial charge in [0.2, 0.25) is 0 Å². The highest BCUT2D eigenvalue weighted by Crippen LogP contribution is 2.47. The highest BCUT2D eigenvalue weighted by atomic mass is 16.5. The van der Waals surface area contributed by atoms with Crippen LogP contribution in [0.15, 0.2) is 301 Å². The Morgan fingerprint density at radius 1 is 0.191 bits per heavy atom. The minimum atomic E-state index is 0.735. The van der Waals surface area contributed by atoms with Crippen LogP contribution in [-0.4, -0.2) is 0 Å². The van der Waals surface area contributed by atoms with Crippen LogP contribution in [0.3, 0.4) is 0 Å². The molecule has 0 radical (unpaired) electrons. The predicted octanol–water partition coefficient (Wildman–Crippen LogP) is 24.0. The Hall–Kier alpha value is -12.2. The number of para-hydroxylation sites is 2. The van der Waals surface area contributed by atoms with Gasteiger partial charge >= 0.3 is 0 Å². The van der Waals surface area contributed by atoms with E-state index in [4.69, 9.17) is 31.6 Å². The maximum Gasteiger partial charge on any atom is 0.137 e. The number of furan rings is 5. The molecule has 0 aliphatic carbocycles. The van der Waals surface area contributed by atoms with E-state index in [-0.39, 0.29) is 0 Å². The third kappa shape index (κ3) is 7.96. The van der Waals surface area contributed by atoms with E-state index in [1.807, 2.05) is 84.9 Å². The van der Waals surface area contributed by atoms with Gasteiger partial charge in [0.1, 0.15) is 78.8 Å². The maximum atomic E-state index is 6.86. The van der Waals surface area contributed by atoms with Gasteiger partial charge in [0.25, 0.3) is 0 Å². The first-order valence-corrected chi connectivity index (χ1v) is 29.7. The molecule has 5 heterocycles. The highest BCUT2D eigenvalue weighted by molar-refractivity contribution is 6.22. The smallest absolute Gasteiger partial charge is 0.137 e. The fraction of sp³-hybridized carbons (Fsp3) is 0. The Morgan fingerprint density at radius 3 is 0.876 bits per heavy atom. The molecule has 0 saturated carbocycles. The number of nitrogens with zero attached hydrogens (tertiary/aromatic N) is 2. The predicted molar refractivity (Wildman–Crippen MR) is 360 cm³/mol. The van der Waals surface area contributed by atoms with E-state index in [1.54, 1.807) is 0 Å². The Bertz CT molecular complexity index is 5680. The number of fused-ring (bicyclic) bond motifs is 19. The van der Waals surface area contributed by atoms with E-state index in [2.05, 4.69) is 204 Å². The zero-order valence-corrected chi connectivity index (χ0v) is 47.3. The maximum absolute atomic E-state index is 6.86. The molecule has 418 valence electrons. The number of ether oxygens (including phenoxy) is 2. The standard InChI is InChI=1S/C80H46N2O7/c1-3-13-55(14-4-1)83-57-29-21-49(22-30-57)81(53-27-35-63-73(41-53)85-69-37-19-47-11-7-9-17-59(47)79(63)69)51-25-33-61-65-43-77-67(45-75(65)87-71(61)39-51)68-46-76-66(44-78(68)89-77)62-34-26-52(40-72(62)88-76)82(50-23-31-58(32-24-50)84-56-15-5-2-6-16-56)54-28-36-64-74(42-54)86-70-38-20-48-12-8-10-18-60(48)80(64)70/h1-46H. The van der Waals surface area contributed by atoms with Crippen molar-refractivity contribution in [2.45, 2.75) is 0 Å². The Balaban J connectivity index is 0.695. The Kier molecular flexibility index (Phi) is 10.6. The molecule has 0 amide bonds. The second-order valence-electron chi connectivity index (χ2n) is 22.7. The summed E-state index contributed by atoms with van der Waals surface area (Å²) in [6.45, 7) is 0. The first-order chi connectivity index (χ1) is 44.0. The molecule has 9 nitrogen and oxygen atoms in total. The minimum absolute atomic E-state index is 0.735. The summed E-state index contributed by atoms with van der Waals surface area (Å²) >= 11 is 0. The molecule has 0 N–H and O–H groups in total. The van der Waals surface area contributed by atoms with Crippen molar-refractivity contribution in [3.63, 3.8) is 0 Å². The average molecular weight is 1150 g/mol. The average Bonchev–Trinajstić information content (AvgIpc) is 1.81. The van der Waals surface area contributed by atoms with Crippen molar-refractivity contribution in [2.24, 2.45) is 0 Å². The molecule has 0 fully saturated rings. The molecule has 0 bridgehead atoms. The van der Waals surface area contributed by atoms with Crippen molar-refractivity contribution in [3.8, 4) is 23.0 Å². The summed E-state index contributed by atoms with van der Waals surface area (Å²) < 4.78 is 46.2. The van der Waals surface area contributed by atoms with Crippen LogP contribution in [0.25, 0.3) is 131 Å². The van der Waals surface area contributed by atoms with Gasteiger partial charge in [-0.05, 0) is 179 Å². The van der Waals surface area contributed by atoms with Gasteiger partial charge in [-0.3, -0.25) is 0 Å². The summed E-state index contributed by atoms with van der Waals surface area (Å²) in [6, 6.07) is 95.4. The third-order valence-corrected chi connectivity index (χ3v) is 17.5. The molecular weight excluding hydrogens is 1100 g/mol. The molecule has 9 heteroatoms. The molecule has 14 aromatic carbocycles. The lowest BCUT2D eigenvalue weighted by Gasteiger charge is -2.25. The van der Waals surface area contributed by atoms with Crippen LogP contribution >= 0.6 is 0 Å². The zero-order valence-electron chi connectivity index (χ0n) is 47.3. The number of anilines is 6. The van der Waals surface area contributed by atoms with Crippen molar-refractivity contribution >= 4 is 165 Å². The Labute approximate surface area is 506 Å². The second-order valence-corrected chi connectivity index (χ2v) is 22.7. The van der Waals surface area contributed by atoms with Gasteiger partial charge in [-0.25, -0.2) is 0 Å². The molecule has 19 rings (SSSR count). The molecule has 0 atom stereocenters. The van der Waals surface area contributed by atoms with Crippen LogP contribution in [0.2, 0.25) is 0 Å². The normalized spacial score (nSPS) is 12.0. The van der Waals surface area contributed by atoms with Crippen LogP contribution in [-0.2, 0) is 0 Å². The van der Waals surface area contributed by atoms with Crippen LogP contribution < -0.4 is 19.3 Å².